The minimum atomic E-state index is 0.745. The molecule has 2 aromatic heterocycles. The zero-order valence-electron chi connectivity index (χ0n) is 8.71. The van der Waals surface area contributed by atoms with E-state index in [2.05, 4.69) is 65.3 Å². The van der Waals surface area contributed by atoms with E-state index in [0.29, 0.717) is 0 Å². The van der Waals surface area contributed by atoms with Crippen molar-refractivity contribution >= 4 is 70.5 Å². The maximum absolute atomic E-state index is 5.73. The molecule has 0 amide bonds. The lowest BCUT2D eigenvalue weighted by Crippen LogP contribution is -1.95. The second-order valence-corrected chi connectivity index (χ2v) is 8.14. The summed E-state index contributed by atoms with van der Waals surface area (Å²) in [5.41, 5.74) is 1.23. The SMILES string of the molecule is BrCCCOc1sc(-c2ccsc2Br)cc1Br. The van der Waals surface area contributed by atoms with Gasteiger partial charge in [-0.15, -0.1) is 11.3 Å². The largest absolute Gasteiger partial charge is 0.483 e. The summed E-state index contributed by atoms with van der Waals surface area (Å²) in [6, 6.07) is 4.23. The lowest BCUT2D eigenvalue weighted by Gasteiger charge is -2.01. The minimum absolute atomic E-state index is 0.745. The highest BCUT2D eigenvalue weighted by atomic mass is 79.9. The van der Waals surface area contributed by atoms with Gasteiger partial charge in [0.2, 0.25) is 0 Å². The van der Waals surface area contributed by atoms with Crippen LogP contribution in [-0.2, 0) is 0 Å². The third kappa shape index (κ3) is 3.56. The molecule has 0 aliphatic rings. The Kier molecular flexibility index (Phi) is 5.54. The van der Waals surface area contributed by atoms with Crippen molar-refractivity contribution < 1.29 is 4.74 Å². The Bertz CT molecular complexity index is 493. The van der Waals surface area contributed by atoms with E-state index < -0.39 is 0 Å². The van der Waals surface area contributed by atoms with E-state index in [1.165, 1.54) is 14.2 Å². The summed E-state index contributed by atoms with van der Waals surface area (Å²) in [6.45, 7) is 0.745. The molecule has 2 aromatic rings. The molecule has 0 fully saturated rings. The Morgan fingerprint density at radius 2 is 2.12 bits per heavy atom. The van der Waals surface area contributed by atoms with E-state index in [4.69, 9.17) is 4.74 Å². The maximum atomic E-state index is 5.73. The molecule has 0 bridgehead atoms. The fourth-order valence-electron chi connectivity index (χ4n) is 1.27. The van der Waals surface area contributed by atoms with Crippen molar-refractivity contribution in [1.29, 1.82) is 0 Å². The van der Waals surface area contributed by atoms with Gasteiger partial charge in [0.1, 0.15) is 0 Å². The third-order valence-electron chi connectivity index (χ3n) is 2.05. The second-order valence-electron chi connectivity index (χ2n) is 3.25. The summed E-state index contributed by atoms with van der Waals surface area (Å²) in [7, 11) is 0. The fraction of sp³-hybridized carbons (Fsp3) is 0.273. The van der Waals surface area contributed by atoms with Crippen molar-refractivity contribution in [3.05, 3.63) is 25.8 Å². The molecule has 92 valence electrons. The maximum Gasteiger partial charge on any atom is 0.188 e. The molecule has 0 aliphatic heterocycles. The number of ether oxygens (including phenoxy) is 1. The number of halogens is 3. The predicted octanol–water partition coefficient (Wildman–Crippen LogP) is 6.17. The molecule has 0 aliphatic carbocycles. The fourth-order valence-corrected chi connectivity index (χ4v) is 4.69. The van der Waals surface area contributed by atoms with Crippen LogP contribution in [0.4, 0.5) is 0 Å². The molecule has 0 saturated heterocycles. The van der Waals surface area contributed by atoms with Crippen LogP contribution in [0.2, 0.25) is 0 Å². The Balaban J connectivity index is 2.16. The monoisotopic (exact) mass is 458 g/mol. The molecule has 0 aromatic carbocycles. The Hall–Kier alpha value is 0.640. The summed E-state index contributed by atoms with van der Waals surface area (Å²) in [6.07, 6.45) is 1.02. The minimum Gasteiger partial charge on any atom is -0.483 e. The quantitative estimate of drug-likeness (QED) is 0.383. The van der Waals surface area contributed by atoms with E-state index in [1.54, 1.807) is 22.7 Å². The van der Waals surface area contributed by atoms with Crippen molar-refractivity contribution in [3.8, 4) is 15.5 Å². The van der Waals surface area contributed by atoms with Gasteiger partial charge in [0, 0.05) is 15.8 Å². The molecule has 0 radical (unpaired) electrons. The lowest BCUT2D eigenvalue weighted by molar-refractivity contribution is 0.326. The molecule has 0 N–H and O–H groups in total. The van der Waals surface area contributed by atoms with Gasteiger partial charge >= 0.3 is 0 Å². The molecular formula is C11H9Br3OS2. The molecule has 6 heteroatoms. The van der Waals surface area contributed by atoms with E-state index in [0.717, 1.165) is 27.9 Å². The third-order valence-corrected chi connectivity index (χ3v) is 6.23. The molecule has 2 rings (SSSR count). The van der Waals surface area contributed by atoms with Crippen LogP contribution in [0.1, 0.15) is 6.42 Å². The molecule has 2 heterocycles. The average molecular weight is 461 g/mol. The number of rotatable bonds is 5. The van der Waals surface area contributed by atoms with Gasteiger partial charge in [-0.1, -0.05) is 27.3 Å². The first-order valence-corrected chi connectivity index (χ1v) is 9.34. The molecule has 0 atom stereocenters. The van der Waals surface area contributed by atoms with Crippen LogP contribution >= 0.6 is 70.5 Å². The summed E-state index contributed by atoms with van der Waals surface area (Å²) in [5, 5.41) is 4.01. The lowest BCUT2D eigenvalue weighted by atomic mass is 10.3. The van der Waals surface area contributed by atoms with Gasteiger partial charge in [-0.3, -0.25) is 0 Å². The summed E-state index contributed by atoms with van der Waals surface area (Å²) < 4.78 is 7.92. The highest BCUT2D eigenvalue weighted by Crippen LogP contribution is 2.44. The van der Waals surface area contributed by atoms with Crippen molar-refractivity contribution in [2.75, 3.05) is 11.9 Å². The highest BCUT2D eigenvalue weighted by molar-refractivity contribution is 9.11. The van der Waals surface area contributed by atoms with Crippen molar-refractivity contribution in [2.24, 2.45) is 0 Å². The van der Waals surface area contributed by atoms with Crippen LogP contribution in [0.3, 0.4) is 0 Å². The van der Waals surface area contributed by atoms with Gasteiger partial charge in [0.25, 0.3) is 0 Å². The van der Waals surface area contributed by atoms with E-state index in [-0.39, 0.29) is 0 Å². The molecular weight excluding hydrogens is 452 g/mol. The highest BCUT2D eigenvalue weighted by Gasteiger charge is 2.12. The molecule has 0 unspecified atom stereocenters. The normalized spacial score (nSPS) is 10.8. The molecule has 17 heavy (non-hydrogen) atoms. The first kappa shape index (κ1) is 14.1. The van der Waals surface area contributed by atoms with Crippen molar-refractivity contribution in [1.82, 2.24) is 0 Å². The van der Waals surface area contributed by atoms with Crippen LogP contribution in [0.25, 0.3) is 10.4 Å². The van der Waals surface area contributed by atoms with Gasteiger partial charge in [-0.2, -0.15) is 0 Å². The molecule has 0 saturated carbocycles. The Morgan fingerprint density at radius 3 is 2.76 bits per heavy atom. The van der Waals surface area contributed by atoms with E-state index >= 15 is 0 Å². The van der Waals surface area contributed by atoms with Crippen LogP contribution in [0.5, 0.6) is 5.06 Å². The van der Waals surface area contributed by atoms with Gasteiger partial charge in [-0.25, -0.2) is 0 Å². The van der Waals surface area contributed by atoms with E-state index in [1.807, 2.05) is 0 Å². The van der Waals surface area contributed by atoms with Crippen molar-refractivity contribution in [2.45, 2.75) is 6.42 Å². The van der Waals surface area contributed by atoms with Crippen LogP contribution in [0.15, 0.2) is 25.8 Å². The Morgan fingerprint density at radius 1 is 1.29 bits per heavy atom. The summed E-state index contributed by atoms with van der Waals surface area (Å²) in [4.78, 5) is 1.22. The first-order valence-electron chi connectivity index (χ1n) is 4.94. The van der Waals surface area contributed by atoms with Gasteiger partial charge in [0.15, 0.2) is 5.06 Å². The number of hydrogen-bond donors (Lipinski definition) is 0. The molecule has 1 nitrogen and oxygen atoms in total. The topological polar surface area (TPSA) is 9.23 Å². The first-order chi connectivity index (χ1) is 8.22. The van der Waals surface area contributed by atoms with Gasteiger partial charge in [-0.05, 0) is 55.8 Å². The predicted molar refractivity (Wildman–Crippen MR) is 86.9 cm³/mol. The van der Waals surface area contributed by atoms with Crippen LogP contribution < -0.4 is 4.74 Å². The van der Waals surface area contributed by atoms with Crippen molar-refractivity contribution in [3.63, 3.8) is 0 Å². The zero-order chi connectivity index (χ0) is 12.3. The summed E-state index contributed by atoms with van der Waals surface area (Å²) in [5.74, 6) is 0. The number of alkyl halides is 1. The van der Waals surface area contributed by atoms with Crippen LogP contribution in [0, 0.1) is 0 Å². The van der Waals surface area contributed by atoms with Gasteiger partial charge < -0.3 is 4.74 Å². The standard InChI is InChI=1S/C11H9Br3OS2/c12-3-1-4-15-11-8(13)6-9(17-11)7-2-5-16-10(7)14/h2,5-6H,1,3-4H2. The zero-order valence-corrected chi connectivity index (χ0v) is 15.1. The smallest absolute Gasteiger partial charge is 0.188 e. The Labute approximate surface area is 134 Å². The molecule has 0 spiro atoms. The number of hydrogen-bond acceptors (Lipinski definition) is 3. The van der Waals surface area contributed by atoms with E-state index in [9.17, 15) is 0 Å². The van der Waals surface area contributed by atoms with Crippen LogP contribution in [-0.4, -0.2) is 11.9 Å². The average Bonchev–Trinajstić information content (AvgIpc) is 2.86. The summed E-state index contributed by atoms with van der Waals surface area (Å²) >= 11 is 13.9. The second kappa shape index (κ2) is 6.70. The van der Waals surface area contributed by atoms with Gasteiger partial charge in [0.05, 0.1) is 14.9 Å². The number of thiophene rings is 2.